The quantitative estimate of drug-likeness (QED) is 0.759. The van der Waals surface area contributed by atoms with Crippen molar-refractivity contribution in [1.29, 1.82) is 0 Å². The summed E-state index contributed by atoms with van der Waals surface area (Å²) in [5.41, 5.74) is 3.53. The van der Waals surface area contributed by atoms with Gasteiger partial charge in [-0.25, -0.2) is 0 Å². The zero-order chi connectivity index (χ0) is 14.0. The summed E-state index contributed by atoms with van der Waals surface area (Å²) in [7, 11) is 1.97. The van der Waals surface area contributed by atoms with Crippen LogP contribution in [0.15, 0.2) is 0 Å². The molecule has 1 fully saturated rings. The fourth-order valence-corrected chi connectivity index (χ4v) is 2.48. The Balaban J connectivity index is 1.77. The van der Waals surface area contributed by atoms with E-state index in [0.29, 0.717) is 12.5 Å². The molecular weight excluding hydrogens is 240 g/mol. The van der Waals surface area contributed by atoms with Gasteiger partial charge in [-0.2, -0.15) is 5.10 Å². The summed E-state index contributed by atoms with van der Waals surface area (Å²) < 4.78 is 1.91. The zero-order valence-electron chi connectivity index (χ0n) is 12.3. The number of nitrogens with zero attached hydrogens (tertiary/aromatic N) is 2. The number of nitrogens with one attached hydrogen (secondary N) is 2. The van der Waals surface area contributed by atoms with Crippen LogP contribution in [0.2, 0.25) is 0 Å². The van der Waals surface area contributed by atoms with Gasteiger partial charge in [0.2, 0.25) is 5.91 Å². The fraction of sp³-hybridized carbons (Fsp3) is 0.714. The van der Waals surface area contributed by atoms with Gasteiger partial charge in [0.25, 0.3) is 0 Å². The number of amides is 1. The molecule has 0 bridgehead atoms. The van der Waals surface area contributed by atoms with Crippen LogP contribution in [0.4, 0.5) is 0 Å². The highest BCUT2D eigenvalue weighted by molar-refractivity contribution is 5.80. The van der Waals surface area contributed by atoms with Crippen LogP contribution in [0, 0.1) is 19.8 Å². The van der Waals surface area contributed by atoms with E-state index in [1.165, 1.54) is 11.3 Å². The monoisotopic (exact) mass is 264 g/mol. The molecule has 1 unspecified atom stereocenters. The van der Waals surface area contributed by atoms with E-state index in [1.807, 2.05) is 18.7 Å². The smallest absolute Gasteiger partial charge is 0.223 e. The van der Waals surface area contributed by atoms with Gasteiger partial charge in [-0.15, -0.1) is 0 Å². The molecule has 1 aliphatic rings. The van der Waals surface area contributed by atoms with E-state index in [9.17, 15) is 4.79 Å². The minimum atomic E-state index is 0.211. The van der Waals surface area contributed by atoms with Gasteiger partial charge in [0.05, 0.1) is 5.69 Å². The Hall–Kier alpha value is -1.36. The summed E-state index contributed by atoms with van der Waals surface area (Å²) in [4.78, 5) is 11.5. The van der Waals surface area contributed by atoms with Crippen LogP contribution in [-0.2, 0) is 11.8 Å². The minimum Gasteiger partial charge on any atom is -0.355 e. The number of carbonyl (C=O) groups is 1. The van der Waals surface area contributed by atoms with Crippen molar-refractivity contribution in [3.05, 3.63) is 17.0 Å². The van der Waals surface area contributed by atoms with Crippen molar-refractivity contribution in [2.45, 2.75) is 39.7 Å². The maximum atomic E-state index is 11.5. The fourth-order valence-electron chi connectivity index (χ4n) is 2.48. The van der Waals surface area contributed by atoms with Crippen LogP contribution >= 0.6 is 0 Å². The molecule has 0 spiro atoms. The molecule has 1 aromatic heterocycles. The normalized spacial score (nSPS) is 16.4. The molecule has 1 aromatic rings. The first-order valence-electron chi connectivity index (χ1n) is 7.02. The number of aromatic nitrogens is 2. The SMILES string of the molecule is Cc1nn(C)c(C)c1C(C)NCCNC(=O)C1CC1. The van der Waals surface area contributed by atoms with Crippen molar-refractivity contribution < 1.29 is 4.79 Å². The lowest BCUT2D eigenvalue weighted by molar-refractivity contribution is -0.122. The molecule has 5 nitrogen and oxygen atoms in total. The Morgan fingerprint density at radius 1 is 1.42 bits per heavy atom. The predicted octanol–water partition coefficient (Wildman–Crippen LogP) is 1.21. The van der Waals surface area contributed by atoms with Crippen molar-refractivity contribution in [1.82, 2.24) is 20.4 Å². The lowest BCUT2D eigenvalue weighted by Gasteiger charge is -2.15. The second-order valence-corrected chi connectivity index (χ2v) is 5.45. The van der Waals surface area contributed by atoms with Gasteiger partial charge in [0, 0.05) is 43.4 Å². The molecule has 19 heavy (non-hydrogen) atoms. The first kappa shape index (κ1) is 14.1. The average molecular weight is 264 g/mol. The molecule has 1 amide bonds. The molecule has 0 saturated heterocycles. The molecule has 2 rings (SSSR count). The minimum absolute atomic E-state index is 0.211. The van der Waals surface area contributed by atoms with Gasteiger partial charge in [-0.3, -0.25) is 9.48 Å². The van der Waals surface area contributed by atoms with Crippen LogP contribution < -0.4 is 10.6 Å². The third-order valence-electron chi connectivity index (χ3n) is 3.82. The van der Waals surface area contributed by atoms with Gasteiger partial charge < -0.3 is 10.6 Å². The van der Waals surface area contributed by atoms with E-state index in [2.05, 4.69) is 29.6 Å². The molecule has 0 aliphatic heterocycles. The predicted molar refractivity (Wildman–Crippen MR) is 74.8 cm³/mol. The van der Waals surface area contributed by atoms with Crippen LogP contribution in [0.1, 0.15) is 42.8 Å². The van der Waals surface area contributed by atoms with Crippen molar-refractivity contribution in [2.75, 3.05) is 13.1 Å². The van der Waals surface area contributed by atoms with E-state index in [-0.39, 0.29) is 11.9 Å². The standard InChI is InChI=1S/C14H24N4O/c1-9(13-10(2)17-18(4)11(13)3)15-7-8-16-14(19)12-5-6-12/h9,12,15H,5-8H2,1-4H3,(H,16,19). The van der Waals surface area contributed by atoms with Crippen molar-refractivity contribution in [2.24, 2.45) is 13.0 Å². The maximum absolute atomic E-state index is 11.5. The molecule has 1 aliphatic carbocycles. The lowest BCUT2D eigenvalue weighted by atomic mass is 10.1. The van der Waals surface area contributed by atoms with Crippen molar-refractivity contribution in [3.63, 3.8) is 0 Å². The van der Waals surface area contributed by atoms with E-state index in [4.69, 9.17) is 0 Å². The second kappa shape index (κ2) is 5.74. The summed E-state index contributed by atoms with van der Waals surface area (Å²) in [6.45, 7) is 7.74. The van der Waals surface area contributed by atoms with Gasteiger partial charge in [0.1, 0.15) is 0 Å². The first-order valence-corrected chi connectivity index (χ1v) is 7.02. The third kappa shape index (κ3) is 3.35. The van der Waals surface area contributed by atoms with Gasteiger partial charge >= 0.3 is 0 Å². The van der Waals surface area contributed by atoms with E-state index >= 15 is 0 Å². The van der Waals surface area contributed by atoms with Crippen LogP contribution in [0.25, 0.3) is 0 Å². The highest BCUT2D eigenvalue weighted by Gasteiger charge is 2.29. The van der Waals surface area contributed by atoms with Crippen molar-refractivity contribution in [3.8, 4) is 0 Å². The lowest BCUT2D eigenvalue weighted by Crippen LogP contribution is -2.33. The Morgan fingerprint density at radius 3 is 2.63 bits per heavy atom. The Bertz CT molecular complexity index is 462. The number of carbonyl (C=O) groups excluding carboxylic acids is 1. The van der Waals surface area contributed by atoms with E-state index in [0.717, 1.165) is 25.1 Å². The maximum Gasteiger partial charge on any atom is 0.223 e. The highest BCUT2D eigenvalue weighted by Crippen LogP contribution is 2.28. The molecule has 1 atom stereocenters. The van der Waals surface area contributed by atoms with Gasteiger partial charge in [-0.05, 0) is 33.6 Å². The second-order valence-electron chi connectivity index (χ2n) is 5.45. The molecule has 2 N–H and O–H groups in total. The Morgan fingerprint density at radius 2 is 2.11 bits per heavy atom. The highest BCUT2D eigenvalue weighted by atomic mass is 16.2. The topological polar surface area (TPSA) is 59.0 Å². The summed E-state index contributed by atoms with van der Waals surface area (Å²) >= 11 is 0. The van der Waals surface area contributed by atoms with Gasteiger partial charge in [0.15, 0.2) is 0 Å². The molecule has 0 radical (unpaired) electrons. The molecule has 1 heterocycles. The third-order valence-corrected chi connectivity index (χ3v) is 3.82. The summed E-state index contributed by atoms with van der Waals surface area (Å²) in [5, 5.41) is 10.8. The number of rotatable bonds is 6. The van der Waals surface area contributed by atoms with E-state index < -0.39 is 0 Å². The summed E-state index contributed by atoms with van der Waals surface area (Å²) in [6.07, 6.45) is 2.12. The molecule has 0 aromatic carbocycles. The van der Waals surface area contributed by atoms with Crippen LogP contribution in [0.5, 0.6) is 0 Å². The van der Waals surface area contributed by atoms with Crippen LogP contribution in [0.3, 0.4) is 0 Å². The van der Waals surface area contributed by atoms with E-state index in [1.54, 1.807) is 0 Å². The average Bonchev–Trinajstić information content (AvgIpc) is 3.14. The van der Waals surface area contributed by atoms with Crippen molar-refractivity contribution >= 4 is 5.91 Å². The van der Waals surface area contributed by atoms with Gasteiger partial charge in [-0.1, -0.05) is 0 Å². The molecular formula is C14H24N4O. The first-order chi connectivity index (χ1) is 9.00. The number of aryl methyl sites for hydroxylation is 2. The summed E-state index contributed by atoms with van der Waals surface area (Å²) in [5.74, 6) is 0.503. The largest absolute Gasteiger partial charge is 0.355 e. The molecule has 1 saturated carbocycles. The number of hydrogen-bond donors (Lipinski definition) is 2. The Labute approximate surface area is 114 Å². The number of hydrogen-bond acceptors (Lipinski definition) is 3. The summed E-state index contributed by atoms with van der Waals surface area (Å²) in [6, 6.07) is 0.256. The molecule has 5 heteroatoms. The van der Waals surface area contributed by atoms with Crippen LogP contribution in [-0.4, -0.2) is 28.8 Å². The molecule has 106 valence electrons. The Kier molecular flexibility index (Phi) is 4.24. The zero-order valence-corrected chi connectivity index (χ0v) is 12.3.